The van der Waals surface area contributed by atoms with Crippen LogP contribution in [0, 0.1) is 12.0 Å². The number of aromatic nitrogens is 1. The molecule has 1 aliphatic rings. The zero-order chi connectivity index (χ0) is 9.10. The molecule has 69 valence electrons. The van der Waals surface area contributed by atoms with Gasteiger partial charge >= 0.3 is 0 Å². The molecule has 0 spiro atoms. The van der Waals surface area contributed by atoms with Gasteiger partial charge in [0.05, 0.1) is 11.9 Å². The minimum Gasteiger partial charge on any atom is -0.368 e. The Hall–Kier alpha value is -1.16. The standard InChI is InChI=1S/C9H11FN3/c10-8-5-9(7-12-6-8)13-3-1-11-2-4-13/h5,7,11H,1-4H2. The molecular weight excluding hydrogens is 169 g/mol. The van der Waals surface area contributed by atoms with Gasteiger partial charge in [0, 0.05) is 32.2 Å². The lowest BCUT2D eigenvalue weighted by molar-refractivity contribution is 0.582. The lowest BCUT2D eigenvalue weighted by atomic mass is 10.3. The molecular formula is C9H11FN3. The third kappa shape index (κ3) is 1.95. The highest BCUT2D eigenvalue weighted by Gasteiger charge is 2.10. The summed E-state index contributed by atoms with van der Waals surface area (Å²) in [5.41, 5.74) is 0.845. The number of halogens is 1. The summed E-state index contributed by atoms with van der Waals surface area (Å²) in [5, 5.41) is 3.24. The molecule has 1 saturated heterocycles. The quantitative estimate of drug-likeness (QED) is 0.679. The molecule has 0 saturated carbocycles. The molecule has 1 fully saturated rings. The van der Waals surface area contributed by atoms with E-state index in [0.29, 0.717) is 0 Å². The van der Waals surface area contributed by atoms with E-state index in [-0.39, 0.29) is 0 Å². The van der Waals surface area contributed by atoms with Gasteiger partial charge in [0.15, 0.2) is 5.82 Å². The van der Waals surface area contributed by atoms with Crippen LogP contribution >= 0.6 is 0 Å². The molecule has 3 nitrogen and oxygen atoms in total. The fourth-order valence-electron chi connectivity index (χ4n) is 1.46. The summed E-state index contributed by atoms with van der Waals surface area (Å²) in [4.78, 5) is 5.81. The van der Waals surface area contributed by atoms with E-state index in [1.807, 2.05) is 0 Å². The Labute approximate surface area is 76.6 Å². The van der Waals surface area contributed by atoms with Crippen LogP contribution in [0.25, 0.3) is 0 Å². The molecule has 2 heterocycles. The van der Waals surface area contributed by atoms with Gasteiger partial charge in [-0.15, -0.1) is 0 Å². The summed E-state index contributed by atoms with van der Waals surface area (Å²) in [5.74, 6) is -0.393. The number of anilines is 1. The monoisotopic (exact) mass is 180 g/mol. The summed E-state index contributed by atoms with van der Waals surface area (Å²) in [7, 11) is 0. The van der Waals surface area contributed by atoms with Gasteiger partial charge in [-0.1, -0.05) is 0 Å². The van der Waals surface area contributed by atoms with E-state index < -0.39 is 5.82 Å². The van der Waals surface area contributed by atoms with Gasteiger partial charge in [-0.25, -0.2) is 9.37 Å². The molecule has 0 aliphatic carbocycles. The van der Waals surface area contributed by atoms with Gasteiger partial charge < -0.3 is 10.2 Å². The van der Waals surface area contributed by atoms with E-state index in [4.69, 9.17) is 0 Å². The molecule has 0 unspecified atom stereocenters. The number of nitrogens with one attached hydrogen (secondary N) is 1. The van der Waals surface area contributed by atoms with Crippen LogP contribution in [0.15, 0.2) is 12.3 Å². The number of pyridine rings is 1. The highest BCUT2D eigenvalue weighted by atomic mass is 19.1. The third-order valence-corrected chi connectivity index (χ3v) is 2.12. The summed E-state index contributed by atoms with van der Waals surface area (Å²) in [6.45, 7) is 3.71. The smallest absolute Gasteiger partial charge is 0.153 e. The van der Waals surface area contributed by atoms with Crippen LogP contribution in [0.4, 0.5) is 10.1 Å². The van der Waals surface area contributed by atoms with E-state index in [9.17, 15) is 4.39 Å². The maximum atomic E-state index is 12.8. The zero-order valence-electron chi connectivity index (χ0n) is 7.26. The number of hydrogen-bond donors (Lipinski definition) is 1. The Balaban J connectivity index is 2.14. The van der Waals surface area contributed by atoms with Crippen molar-refractivity contribution in [2.24, 2.45) is 0 Å². The summed E-state index contributed by atoms with van der Waals surface area (Å²) in [6.07, 6.45) is 3.90. The molecule has 4 heteroatoms. The third-order valence-electron chi connectivity index (χ3n) is 2.12. The largest absolute Gasteiger partial charge is 0.368 e. The van der Waals surface area contributed by atoms with Crippen LogP contribution in [-0.2, 0) is 0 Å². The lowest BCUT2D eigenvalue weighted by Gasteiger charge is -2.28. The van der Waals surface area contributed by atoms with Crippen molar-refractivity contribution >= 4 is 5.69 Å². The molecule has 2 rings (SSSR count). The first-order valence-electron chi connectivity index (χ1n) is 4.35. The minimum absolute atomic E-state index is 0.393. The summed E-state index contributed by atoms with van der Waals surface area (Å²) in [6, 6.07) is 1.47. The van der Waals surface area contributed by atoms with E-state index in [0.717, 1.165) is 31.9 Å². The van der Waals surface area contributed by atoms with Crippen molar-refractivity contribution in [1.82, 2.24) is 10.3 Å². The van der Waals surface area contributed by atoms with Crippen LogP contribution in [0.1, 0.15) is 0 Å². The molecule has 1 aliphatic heterocycles. The maximum Gasteiger partial charge on any atom is 0.153 e. The summed E-state index contributed by atoms with van der Waals surface area (Å²) < 4.78 is 12.8. The lowest BCUT2D eigenvalue weighted by Crippen LogP contribution is -2.43. The molecule has 0 amide bonds. The highest BCUT2D eigenvalue weighted by Crippen LogP contribution is 2.13. The van der Waals surface area contributed by atoms with Gasteiger partial charge in [0.1, 0.15) is 6.20 Å². The average molecular weight is 180 g/mol. The van der Waals surface area contributed by atoms with E-state index in [1.165, 1.54) is 6.07 Å². The first-order valence-corrected chi connectivity index (χ1v) is 4.35. The van der Waals surface area contributed by atoms with Crippen LogP contribution in [0.3, 0.4) is 0 Å². The fraction of sp³-hybridized carbons (Fsp3) is 0.444. The van der Waals surface area contributed by atoms with Gasteiger partial charge in [0.2, 0.25) is 0 Å². The minimum atomic E-state index is -0.393. The van der Waals surface area contributed by atoms with Crippen molar-refractivity contribution in [3.8, 4) is 0 Å². The average Bonchev–Trinajstić information content (AvgIpc) is 2.19. The van der Waals surface area contributed by atoms with Crippen molar-refractivity contribution in [3.63, 3.8) is 0 Å². The molecule has 13 heavy (non-hydrogen) atoms. The van der Waals surface area contributed by atoms with E-state index in [2.05, 4.69) is 21.4 Å². The van der Waals surface area contributed by atoms with Crippen molar-refractivity contribution < 1.29 is 4.39 Å². The van der Waals surface area contributed by atoms with Crippen molar-refractivity contribution in [1.29, 1.82) is 0 Å². The van der Waals surface area contributed by atoms with E-state index in [1.54, 1.807) is 6.20 Å². The SMILES string of the molecule is Fc1[c]ncc(N2CCNCC2)c1. The van der Waals surface area contributed by atoms with Crippen molar-refractivity contribution in [2.75, 3.05) is 31.1 Å². The molecule has 1 aromatic rings. The van der Waals surface area contributed by atoms with Crippen LogP contribution in [0.2, 0.25) is 0 Å². The predicted octanol–water partition coefficient (Wildman–Crippen LogP) is 0.430. The normalized spacial score (nSPS) is 17.5. The number of piperazine rings is 1. The second-order valence-electron chi connectivity index (χ2n) is 3.02. The number of nitrogens with zero attached hydrogens (tertiary/aromatic N) is 2. The zero-order valence-corrected chi connectivity index (χ0v) is 7.26. The van der Waals surface area contributed by atoms with Crippen molar-refractivity contribution in [2.45, 2.75) is 0 Å². The Bertz CT molecular complexity index is 284. The van der Waals surface area contributed by atoms with Gasteiger partial charge in [-0.3, -0.25) is 0 Å². The molecule has 0 aromatic carbocycles. The Morgan fingerprint density at radius 1 is 1.46 bits per heavy atom. The topological polar surface area (TPSA) is 28.2 Å². The number of rotatable bonds is 1. The van der Waals surface area contributed by atoms with E-state index >= 15 is 0 Å². The van der Waals surface area contributed by atoms with Crippen LogP contribution in [0.5, 0.6) is 0 Å². The van der Waals surface area contributed by atoms with Gasteiger partial charge in [-0.05, 0) is 0 Å². The maximum absolute atomic E-state index is 12.8. The Morgan fingerprint density at radius 3 is 2.92 bits per heavy atom. The van der Waals surface area contributed by atoms with Gasteiger partial charge in [-0.2, -0.15) is 0 Å². The Morgan fingerprint density at radius 2 is 2.23 bits per heavy atom. The second-order valence-corrected chi connectivity index (χ2v) is 3.02. The van der Waals surface area contributed by atoms with Gasteiger partial charge in [0.25, 0.3) is 0 Å². The Kier molecular flexibility index (Phi) is 2.40. The van der Waals surface area contributed by atoms with Crippen molar-refractivity contribution in [3.05, 3.63) is 24.3 Å². The highest BCUT2D eigenvalue weighted by molar-refractivity contribution is 5.44. The number of hydrogen-bond acceptors (Lipinski definition) is 3. The predicted molar refractivity (Wildman–Crippen MR) is 48.1 cm³/mol. The molecule has 1 aromatic heterocycles. The fourth-order valence-corrected chi connectivity index (χ4v) is 1.46. The van der Waals surface area contributed by atoms with Crippen LogP contribution < -0.4 is 10.2 Å². The first-order chi connectivity index (χ1) is 6.36. The van der Waals surface area contributed by atoms with Crippen LogP contribution in [-0.4, -0.2) is 31.2 Å². The first kappa shape index (κ1) is 8.44. The summed E-state index contributed by atoms with van der Waals surface area (Å²) >= 11 is 0. The molecule has 0 bridgehead atoms. The second kappa shape index (κ2) is 3.70. The molecule has 1 radical (unpaired) electrons. The molecule has 1 N–H and O–H groups in total. The molecule has 0 atom stereocenters.